The van der Waals surface area contributed by atoms with Gasteiger partial charge in [0.25, 0.3) is 0 Å². The number of hydrogen-bond donors (Lipinski definition) is 2. The fourth-order valence-corrected chi connectivity index (χ4v) is 2.76. The third-order valence-electron chi connectivity index (χ3n) is 3.98. The number of allylic oxidation sites excluding steroid dienone is 2. The molecule has 2 rings (SSSR count). The fourth-order valence-electron chi connectivity index (χ4n) is 2.76. The highest BCUT2D eigenvalue weighted by Crippen LogP contribution is 2.23. The quantitative estimate of drug-likeness (QED) is 0.757. The molecule has 1 saturated heterocycles. The van der Waals surface area contributed by atoms with Crippen LogP contribution in [0, 0.1) is 0 Å². The smallest absolute Gasteiger partial charge is 0.225 e. The van der Waals surface area contributed by atoms with Crippen molar-refractivity contribution in [2.75, 3.05) is 23.3 Å². The van der Waals surface area contributed by atoms with E-state index >= 15 is 0 Å². The minimum Gasteiger partial charge on any atom is -0.352 e. The van der Waals surface area contributed by atoms with Crippen molar-refractivity contribution in [3.05, 3.63) is 49.2 Å². The third kappa shape index (κ3) is 3.74. The van der Waals surface area contributed by atoms with Crippen molar-refractivity contribution in [3.63, 3.8) is 0 Å². The molecule has 1 fully saturated rings. The summed E-state index contributed by atoms with van der Waals surface area (Å²) >= 11 is 0. The first kappa shape index (κ1) is 16.2. The second-order valence-corrected chi connectivity index (χ2v) is 5.44. The Morgan fingerprint density at radius 2 is 2.41 bits per heavy atom. The Morgan fingerprint density at radius 1 is 1.59 bits per heavy atom. The first-order chi connectivity index (χ1) is 10.7. The van der Waals surface area contributed by atoms with Gasteiger partial charge in [0.1, 0.15) is 5.82 Å². The molecule has 1 aliphatic rings. The van der Waals surface area contributed by atoms with E-state index in [4.69, 9.17) is 5.73 Å². The van der Waals surface area contributed by atoms with Gasteiger partial charge in [0.05, 0.1) is 6.04 Å². The number of nitrogens with zero attached hydrogens (tertiary/aromatic N) is 3. The summed E-state index contributed by atoms with van der Waals surface area (Å²) < 4.78 is 0. The zero-order valence-corrected chi connectivity index (χ0v) is 13.2. The predicted molar refractivity (Wildman–Crippen MR) is 93.0 cm³/mol. The molecule has 118 valence electrons. The van der Waals surface area contributed by atoms with E-state index in [-0.39, 0.29) is 6.04 Å². The average Bonchev–Trinajstić information content (AvgIpc) is 3.01. The number of nitrogens with two attached hydrogens (primary N) is 1. The van der Waals surface area contributed by atoms with Crippen molar-refractivity contribution in [3.8, 4) is 0 Å². The van der Waals surface area contributed by atoms with Gasteiger partial charge in [-0.2, -0.15) is 4.98 Å². The SMILES string of the molecule is C=C/C=C(\C=C)[C@H](C)Nc1nccc(N2CCC[C@H]2CN)n1. The normalized spacial score (nSPS) is 19.8. The number of nitrogens with one attached hydrogen (secondary N) is 1. The molecule has 0 aliphatic carbocycles. The molecule has 22 heavy (non-hydrogen) atoms. The molecule has 5 nitrogen and oxygen atoms in total. The Balaban J connectivity index is 2.13. The Labute approximate surface area is 132 Å². The average molecular weight is 299 g/mol. The molecule has 0 aromatic carbocycles. The summed E-state index contributed by atoms with van der Waals surface area (Å²) in [5, 5.41) is 3.31. The molecule has 0 unspecified atom stereocenters. The van der Waals surface area contributed by atoms with E-state index in [0.29, 0.717) is 18.5 Å². The van der Waals surface area contributed by atoms with Gasteiger partial charge in [-0.3, -0.25) is 0 Å². The summed E-state index contributed by atoms with van der Waals surface area (Å²) in [4.78, 5) is 11.2. The zero-order chi connectivity index (χ0) is 15.9. The van der Waals surface area contributed by atoms with Crippen molar-refractivity contribution in [2.45, 2.75) is 31.8 Å². The molecule has 0 radical (unpaired) electrons. The molecule has 1 aliphatic heterocycles. The van der Waals surface area contributed by atoms with Gasteiger partial charge in [0.2, 0.25) is 5.95 Å². The lowest BCUT2D eigenvalue weighted by atomic mass is 10.1. The molecule has 1 aromatic rings. The molecule has 0 spiro atoms. The maximum absolute atomic E-state index is 5.84. The Morgan fingerprint density at radius 3 is 3.09 bits per heavy atom. The number of rotatable bonds is 7. The van der Waals surface area contributed by atoms with Crippen LogP contribution in [0.2, 0.25) is 0 Å². The maximum atomic E-state index is 5.84. The number of anilines is 2. The van der Waals surface area contributed by atoms with E-state index in [1.54, 1.807) is 12.3 Å². The van der Waals surface area contributed by atoms with E-state index in [1.165, 1.54) is 0 Å². The first-order valence-electron chi connectivity index (χ1n) is 7.71. The van der Waals surface area contributed by atoms with Gasteiger partial charge in [-0.1, -0.05) is 31.4 Å². The first-order valence-corrected chi connectivity index (χ1v) is 7.71. The Hall–Kier alpha value is -2.14. The van der Waals surface area contributed by atoms with Crippen LogP contribution in [-0.4, -0.2) is 35.1 Å². The minimum atomic E-state index is 0.0645. The second kappa shape index (κ2) is 7.75. The lowest BCUT2D eigenvalue weighted by Crippen LogP contribution is -2.36. The van der Waals surface area contributed by atoms with E-state index in [2.05, 4.69) is 33.3 Å². The number of hydrogen-bond acceptors (Lipinski definition) is 5. The molecule has 1 aromatic heterocycles. The van der Waals surface area contributed by atoms with Crippen LogP contribution < -0.4 is 16.0 Å². The van der Waals surface area contributed by atoms with Crippen LogP contribution in [-0.2, 0) is 0 Å². The standard InChI is InChI=1S/C17H25N5/c1-4-7-14(5-2)13(3)20-17-19-10-9-16(21-17)22-11-6-8-15(22)12-18/h4-5,7,9-10,13,15H,1-2,6,8,11-12,18H2,3H3,(H,19,20,21)/b14-7+/t13-,15-/m0/s1. The van der Waals surface area contributed by atoms with Gasteiger partial charge in [-0.05, 0) is 31.4 Å². The molecule has 2 heterocycles. The van der Waals surface area contributed by atoms with Gasteiger partial charge >= 0.3 is 0 Å². The van der Waals surface area contributed by atoms with Crippen molar-refractivity contribution in [1.82, 2.24) is 9.97 Å². The van der Waals surface area contributed by atoms with Gasteiger partial charge in [-0.15, -0.1) is 0 Å². The molecule has 5 heteroatoms. The Bertz CT molecular complexity index is 552. The molecule has 0 amide bonds. The lowest BCUT2D eigenvalue weighted by Gasteiger charge is -2.25. The minimum absolute atomic E-state index is 0.0645. The molecule has 0 bridgehead atoms. The van der Waals surface area contributed by atoms with Gasteiger partial charge in [-0.25, -0.2) is 4.98 Å². The van der Waals surface area contributed by atoms with E-state index in [9.17, 15) is 0 Å². The molecule has 0 saturated carbocycles. The largest absolute Gasteiger partial charge is 0.352 e. The molecule has 2 atom stereocenters. The van der Waals surface area contributed by atoms with E-state index < -0.39 is 0 Å². The molecule has 3 N–H and O–H groups in total. The second-order valence-electron chi connectivity index (χ2n) is 5.44. The summed E-state index contributed by atoms with van der Waals surface area (Å²) in [6.07, 6.45) is 9.57. The van der Waals surface area contributed by atoms with Gasteiger partial charge in [0.15, 0.2) is 0 Å². The summed E-state index contributed by atoms with van der Waals surface area (Å²) in [7, 11) is 0. The van der Waals surface area contributed by atoms with Crippen LogP contribution in [0.4, 0.5) is 11.8 Å². The third-order valence-corrected chi connectivity index (χ3v) is 3.98. The van der Waals surface area contributed by atoms with Crippen LogP contribution in [0.3, 0.4) is 0 Å². The number of aromatic nitrogens is 2. The highest BCUT2D eigenvalue weighted by atomic mass is 15.3. The van der Waals surface area contributed by atoms with Crippen molar-refractivity contribution in [2.24, 2.45) is 5.73 Å². The van der Waals surface area contributed by atoms with E-state index in [1.807, 2.05) is 25.1 Å². The van der Waals surface area contributed by atoms with Crippen molar-refractivity contribution < 1.29 is 0 Å². The van der Waals surface area contributed by atoms with Gasteiger partial charge in [0, 0.05) is 25.3 Å². The van der Waals surface area contributed by atoms with Crippen LogP contribution in [0.5, 0.6) is 0 Å². The van der Waals surface area contributed by atoms with Crippen LogP contribution in [0.25, 0.3) is 0 Å². The highest BCUT2D eigenvalue weighted by Gasteiger charge is 2.24. The lowest BCUT2D eigenvalue weighted by molar-refractivity contribution is 0.671. The molecular weight excluding hydrogens is 274 g/mol. The fraction of sp³-hybridized carbons (Fsp3) is 0.412. The summed E-state index contributed by atoms with van der Waals surface area (Å²) in [5.74, 6) is 1.55. The van der Waals surface area contributed by atoms with Crippen molar-refractivity contribution in [1.29, 1.82) is 0 Å². The summed E-state index contributed by atoms with van der Waals surface area (Å²) in [5.41, 5.74) is 6.89. The topological polar surface area (TPSA) is 67.1 Å². The van der Waals surface area contributed by atoms with Crippen LogP contribution in [0.15, 0.2) is 49.2 Å². The molecular formula is C17H25N5. The van der Waals surface area contributed by atoms with Gasteiger partial charge < -0.3 is 16.0 Å². The Kier molecular flexibility index (Phi) is 5.72. The maximum Gasteiger partial charge on any atom is 0.225 e. The zero-order valence-electron chi connectivity index (χ0n) is 13.2. The van der Waals surface area contributed by atoms with E-state index in [0.717, 1.165) is 30.8 Å². The summed E-state index contributed by atoms with van der Waals surface area (Å²) in [6.45, 7) is 11.3. The monoisotopic (exact) mass is 299 g/mol. The summed E-state index contributed by atoms with van der Waals surface area (Å²) in [6, 6.07) is 2.39. The highest BCUT2D eigenvalue weighted by molar-refractivity contribution is 5.46. The van der Waals surface area contributed by atoms with Crippen LogP contribution >= 0.6 is 0 Å². The van der Waals surface area contributed by atoms with Crippen molar-refractivity contribution >= 4 is 11.8 Å². The van der Waals surface area contributed by atoms with Crippen LogP contribution in [0.1, 0.15) is 19.8 Å². The predicted octanol–water partition coefficient (Wildman–Crippen LogP) is 2.50.